The Hall–Kier alpha value is -5.31. The molecule has 0 unspecified atom stereocenters. The Labute approximate surface area is 254 Å². The fourth-order valence-corrected chi connectivity index (χ4v) is 7.95. The molecule has 0 bridgehead atoms. The van der Waals surface area contributed by atoms with Crippen LogP contribution in [0.25, 0.3) is 87.1 Å². The maximum atomic E-state index is 4.64. The van der Waals surface area contributed by atoms with Gasteiger partial charge >= 0.3 is 0 Å². The molecule has 2 heterocycles. The maximum absolute atomic E-state index is 4.64. The van der Waals surface area contributed by atoms with Crippen LogP contribution < -0.4 is 0 Å². The summed E-state index contributed by atoms with van der Waals surface area (Å²) in [6.07, 6.45) is 1.88. The Kier molecular flexibility index (Phi) is 5.44. The molecule has 2 aromatic heterocycles. The molecule has 0 radical (unpaired) electrons. The topological polar surface area (TPSA) is 12.9 Å². The summed E-state index contributed by atoms with van der Waals surface area (Å²) < 4.78 is 1.29. The Morgan fingerprint density at radius 3 is 1.53 bits per heavy atom. The van der Waals surface area contributed by atoms with Crippen molar-refractivity contribution in [2.45, 2.75) is 0 Å². The van der Waals surface area contributed by atoms with E-state index in [1.807, 2.05) is 12.3 Å². The van der Waals surface area contributed by atoms with Gasteiger partial charge in [0.1, 0.15) is 4.83 Å². The number of hydrogen-bond donors (Lipinski definition) is 0. The van der Waals surface area contributed by atoms with Gasteiger partial charge in [-0.3, -0.25) is 0 Å². The lowest BCUT2D eigenvalue weighted by Crippen LogP contribution is -1.97. The Morgan fingerprint density at radius 1 is 0.349 bits per heavy atom. The molecule has 0 amide bonds. The van der Waals surface area contributed by atoms with Crippen LogP contribution in [0.3, 0.4) is 0 Å². The van der Waals surface area contributed by atoms with E-state index in [-0.39, 0.29) is 0 Å². The molecule has 9 rings (SSSR count). The lowest BCUT2D eigenvalue weighted by molar-refractivity contribution is 1.45. The summed E-state index contributed by atoms with van der Waals surface area (Å²) in [5.74, 6) is 0. The van der Waals surface area contributed by atoms with E-state index in [0.717, 1.165) is 4.83 Å². The monoisotopic (exact) mass is 563 g/mol. The minimum Gasteiger partial charge on any atom is -0.245 e. The normalized spacial score (nSPS) is 11.7. The highest BCUT2D eigenvalue weighted by atomic mass is 32.1. The summed E-state index contributed by atoms with van der Waals surface area (Å²) in [5, 5.41) is 2.50. The van der Waals surface area contributed by atoms with Crippen LogP contribution in [0.15, 0.2) is 152 Å². The van der Waals surface area contributed by atoms with Crippen LogP contribution in [-0.4, -0.2) is 4.98 Å². The molecule has 43 heavy (non-hydrogen) atoms. The van der Waals surface area contributed by atoms with Gasteiger partial charge in [-0.15, -0.1) is 11.3 Å². The number of fused-ring (bicyclic) bond motifs is 11. The van der Waals surface area contributed by atoms with Gasteiger partial charge in [-0.2, -0.15) is 0 Å². The highest BCUT2D eigenvalue weighted by molar-refractivity contribution is 7.26. The van der Waals surface area contributed by atoms with Gasteiger partial charge in [-0.1, -0.05) is 121 Å². The van der Waals surface area contributed by atoms with Gasteiger partial charge in [0.05, 0.1) is 0 Å². The first kappa shape index (κ1) is 24.3. The molecule has 0 aliphatic heterocycles. The van der Waals surface area contributed by atoms with E-state index < -0.39 is 0 Å². The van der Waals surface area contributed by atoms with Gasteiger partial charge in [-0.25, -0.2) is 4.98 Å². The number of hydrogen-bond acceptors (Lipinski definition) is 2. The summed E-state index contributed by atoms with van der Waals surface area (Å²) in [5.41, 5.74) is 15.1. The first-order valence-electron chi connectivity index (χ1n) is 14.6. The minimum absolute atomic E-state index is 1.09. The number of pyridine rings is 1. The molecule has 0 spiro atoms. The maximum Gasteiger partial charge on any atom is 0.124 e. The van der Waals surface area contributed by atoms with Crippen molar-refractivity contribution in [1.29, 1.82) is 0 Å². The van der Waals surface area contributed by atoms with Crippen molar-refractivity contribution in [3.8, 4) is 66.8 Å². The highest BCUT2D eigenvalue weighted by Gasteiger charge is 2.22. The van der Waals surface area contributed by atoms with Crippen molar-refractivity contribution in [3.05, 3.63) is 152 Å². The highest BCUT2D eigenvalue weighted by Crippen LogP contribution is 2.48. The van der Waals surface area contributed by atoms with Crippen molar-refractivity contribution in [3.63, 3.8) is 0 Å². The molecule has 0 N–H and O–H groups in total. The quantitative estimate of drug-likeness (QED) is 0.204. The third-order valence-electron chi connectivity index (χ3n) is 8.74. The fraction of sp³-hybridized carbons (Fsp3) is 0. The van der Waals surface area contributed by atoms with E-state index in [9.17, 15) is 0 Å². The molecule has 6 aromatic carbocycles. The van der Waals surface area contributed by atoms with Crippen LogP contribution in [0.1, 0.15) is 0 Å². The third kappa shape index (κ3) is 3.81. The number of nitrogens with zero attached hydrogens (tertiary/aromatic N) is 1. The van der Waals surface area contributed by atoms with E-state index in [4.69, 9.17) is 0 Å². The summed E-state index contributed by atoms with van der Waals surface area (Å²) >= 11 is 1.78. The van der Waals surface area contributed by atoms with Gasteiger partial charge in [-0.05, 0) is 91.0 Å². The van der Waals surface area contributed by atoms with E-state index in [0.29, 0.717) is 0 Å². The van der Waals surface area contributed by atoms with E-state index in [1.165, 1.54) is 82.2 Å². The molecule has 1 nitrogen and oxygen atoms in total. The van der Waals surface area contributed by atoms with Crippen molar-refractivity contribution in [2.75, 3.05) is 0 Å². The SMILES string of the molecule is c1cc(-c2ccc3c(c2)-c2ccccc2-c2ccccc2-c2ccccc2-3)cc(-c2cccc3c2sc2ncccc23)c1. The van der Waals surface area contributed by atoms with Gasteiger partial charge in [0, 0.05) is 21.7 Å². The van der Waals surface area contributed by atoms with Crippen LogP contribution in [0.5, 0.6) is 0 Å². The lowest BCUT2D eigenvalue weighted by atomic mass is 9.80. The summed E-state index contributed by atoms with van der Waals surface area (Å²) in [6, 6.07) is 53.3. The van der Waals surface area contributed by atoms with Crippen molar-refractivity contribution < 1.29 is 0 Å². The Balaban J connectivity index is 1.25. The van der Waals surface area contributed by atoms with Gasteiger partial charge in [0.15, 0.2) is 0 Å². The van der Waals surface area contributed by atoms with Crippen molar-refractivity contribution in [2.24, 2.45) is 0 Å². The molecule has 200 valence electrons. The second-order valence-corrected chi connectivity index (χ2v) is 12.1. The zero-order chi connectivity index (χ0) is 28.3. The number of benzene rings is 6. The van der Waals surface area contributed by atoms with Crippen LogP contribution in [0.4, 0.5) is 0 Å². The van der Waals surface area contributed by atoms with E-state index >= 15 is 0 Å². The fourth-order valence-electron chi connectivity index (χ4n) is 6.77. The molecule has 8 aromatic rings. The Morgan fingerprint density at radius 2 is 0.860 bits per heavy atom. The van der Waals surface area contributed by atoms with E-state index in [2.05, 4.69) is 145 Å². The van der Waals surface area contributed by atoms with Crippen molar-refractivity contribution >= 4 is 31.6 Å². The standard InChI is InChI=1S/C41H25NS/c1-2-13-31-30(12-1)32-14-3-4-16-34(32)36-22-21-27(25-39(36)35-17-6-5-15-33(31)35)26-10-7-11-28(24-26)29-18-8-19-37-38-20-9-23-42-41(38)43-40(29)37/h1-25H. The van der Waals surface area contributed by atoms with Gasteiger partial charge < -0.3 is 0 Å². The second-order valence-electron chi connectivity index (χ2n) is 11.1. The van der Waals surface area contributed by atoms with Crippen LogP contribution >= 0.6 is 11.3 Å². The number of aromatic nitrogens is 1. The second kappa shape index (κ2) is 9.62. The molecule has 0 fully saturated rings. The first-order valence-corrected chi connectivity index (χ1v) is 15.4. The predicted molar refractivity (Wildman–Crippen MR) is 183 cm³/mol. The molecular weight excluding hydrogens is 539 g/mol. The molecule has 0 saturated heterocycles. The van der Waals surface area contributed by atoms with Crippen LogP contribution in [0, 0.1) is 0 Å². The minimum atomic E-state index is 1.09. The van der Waals surface area contributed by atoms with E-state index in [1.54, 1.807) is 11.3 Å². The lowest BCUT2D eigenvalue weighted by Gasteiger charge is -2.23. The molecular formula is C41H25NS. The average molecular weight is 564 g/mol. The molecule has 0 saturated carbocycles. The summed E-state index contributed by atoms with van der Waals surface area (Å²) in [6.45, 7) is 0. The van der Waals surface area contributed by atoms with Crippen LogP contribution in [0.2, 0.25) is 0 Å². The molecule has 2 heteroatoms. The third-order valence-corrected chi connectivity index (χ3v) is 9.91. The molecule has 0 atom stereocenters. The Bertz CT molecular complexity index is 2350. The molecule has 1 aliphatic carbocycles. The number of thiophene rings is 1. The predicted octanol–water partition coefficient (Wildman–Crippen LogP) is 11.8. The summed E-state index contributed by atoms with van der Waals surface area (Å²) in [7, 11) is 0. The summed E-state index contributed by atoms with van der Waals surface area (Å²) in [4.78, 5) is 5.73. The first-order chi connectivity index (χ1) is 21.3. The average Bonchev–Trinajstić information content (AvgIpc) is 3.47. The van der Waals surface area contributed by atoms with Gasteiger partial charge in [0.2, 0.25) is 0 Å². The molecule has 1 aliphatic rings. The van der Waals surface area contributed by atoms with Crippen molar-refractivity contribution in [1.82, 2.24) is 4.98 Å². The zero-order valence-corrected chi connectivity index (χ0v) is 24.1. The smallest absolute Gasteiger partial charge is 0.124 e. The zero-order valence-electron chi connectivity index (χ0n) is 23.3. The largest absolute Gasteiger partial charge is 0.245 e. The van der Waals surface area contributed by atoms with Gasteiger partial charge in [0.25, 0.3) is 0 Å². The van der Waals surface area contributed by atoms with Crippen LogP contribution in [-0.2, 0) is 0 Å². The number of rotatable bonds is 2.